The lowest BCUT2D eigenvalue weighted by Crippen LogP contribution is -2.35. The van der Waals surface area contributed by atoms with E-state index in [1.807, 2.05) is 0 Å². The molecule has 0 spiro atoms. The summed E-state index contributed by atoms with van der Waals surface area (Å²) in [5.41, 5.74) is 3.09. The van der Waals surface area contributed by atoms with E-state index in [1.54, 1.807) is 0 Å². The van der Waals surface area contributed by atoms with Gasteiger partial charge in [0.05, 0.1) is 0 Å². The Balaban J connectivity index is 2.03. The highest BCUT2D eigenvalue weighted by Gasteiger charge is 2.31. The maximum absolute atomic E-state index is 3.71. The Kier molecular flexibility index (Phi) is 3.46. The highest BCUT2D eigenvalue weighted by atomic mass is 14.9. The third-order valence-corrected chi connectivity index (χ3v) is 3.78. The molecule has 2 atom stereocenters. The van der Waals surface area contributed by atoms with Gasteiger partial charge < -0.3 is 5.32 Å². The van der Waals surface area contributed by atoms with Crippen molar-refractivity contribution in [3.8, 4) is 0 Å². The van der Waals surface area contributed by atoms with E-state index >= 15 is 0 Å². The minimum absolute atomic E-state index is 0.485. The van der Waals surface area contributed by atoms with Crippen molar-refractivity contribution in [2.75, 3.05) is 5.32 Å². The first-order chi connectivity index (χ1) is 7.94. The standard InChI is InChI=1S/C16H25N/c1-12-6-5-7-14(8-12)17-15-9-13(2)10-16(3,4)11-15/h5-8,13,15,17H,9-11H2,1-4H3. The molecule has 0 amide bonds. The van der Waals surface area contributed by atoms with Gasteiger partial charge in [-0.2, -0.15) is 0 Å². The number of hydrogen-bond acceptors (Lipinski definition) is 1. The predicted octanol–water partition coefficient (Wildman–Crippen LogP) is 4.62. The normalized spacial score (nSPS) is 27.8. The Bertz CT molecular complexity index is 381. The van der Waals surface area contributed by atoms with E-state index < -0.39 is 0 Å². The fraction of sp³-hybridized carbons (Fsp3) is 0.625. The van der Waals surface area contributed by atoms with Crippen molar-refractivity contribution in [2.45, 2.75) is 53.0 Å². The third kappa shape index (κ3) is 3.49. The van der Waals surface area contributed by atoms with Crippen LogP contribution in [0.5, 0.6) is 0 Å². The van der Waals surface area contributed by atoms with Crippen molar-refractivity contribution in [1.82, 2.24) is 0 Å². The molecule has 2 unspecified atom stereocenters. The Hall–Kier alpha value is -0.980. The van der Waals surface area contributed by atoms with Crippen molar-refractivity contribution in [2.24, 2.45) is 11.3 Å². The summed E-state index contributed by atoms with van der Waals surface area (Å²) in [6.07, 6.45) is 3.95. The Morgan fingerprint density at radius 2 is 2.00 bits per heavy atom. The monoisotopic (exact) mass is 231 g/mol. The molecule has 1 aliphatic carbocycles. The van der Waals surface area contributed by atoms with Gasteiger partial charge in [-0.3, -0.25) is 0 Å². The highest BCUT2D eigenvalue weighted by molar-refractivity contribution is 5.46. The summed E-state index contributed by atoms with van der Waals surface area (Å²) >= 11 is 0. The number of aryl methyl sites for hydroxylation is 1. The van der Waals surface area contributed by atoms with Gasteiger partial charge in [0.25, 0.3) is 0 Å². The van der Waals surface area contributed by atoms with Crippen LogP contribution in [-0.4, -0.2) is 6.04 Å². The quantitative estimate of drug-likeness (QED) is 0.783. The number of anilines is 1. The molecule has 94 valence electrons. The van der Waals surface area contributed by atoms with E-state index in [4.69, 9.17) is 0 Å². The average Bonchev–Trinajstić information content (AvgIpc) is 2.13. The van der Waals surface area contributed by atoms with E-state index in [1.165, 1.54) is 30.5 Å². The van der Waals surface area contributed by atoms with Crippen LogP contribution in [0.25, 0.3) is 0 Å². The summed E-state index contributed by atoms with van der Waals surface area (Å²) < 4.78 is 0. The molecule has 0 bridgehead atoms. The highest BCUT2D eigenvalue weighted by Crippen LogP contribution is 2.39. The molecule has 1 saturated carbocycles. The first-order valence-electron chi connectivity index (χ1n) is 6.78. The van der Waals surface area contributed by atoms with Gasteiger partial charge in [0.15, 0.2) is 0 Å². The van der Waals surface area contributed by atoms with E-state index in [0.29, 0.717) is 11.5 Å². The molecule has 0 aliphatic heterocycles. The van der Waals surface area contributed by atoms with E-state index in [-0.39, 0.29) is 0 Å². The lowest BCUT2D eigenvalue weighted by molar-refractivity contribution is 0.178. The fourth-order valence-electron chi connectivity index (χ4n) is 3.43. The van der Waals surface area contributed by atoms with Gasteiger partial charge in [0.1, 0.15) is 0 Å². The van der Waals surface area contributed by atoms with Crippen LogP contribution in [0.1, 0.15) is 45.6 Å². The largest absolute Gasteiger partial charge is 0.382 e. The van der Waals surface area contributed by atoms with Crippen LogP contribution in [0, 0.1) is 18.3 Å². The summed E-state index contributed by atoms with van der Waals surface area (Å²) in [6.45, 7) is 9.33. The number of rotatable bonds is 2. The second-order valence-electron chi connectivity index (χ2n) is 6.62. The second kappa shape index (κ2) is 4.72. The van der Waals surface area contributed by atoms with Crippen LogP contribution in [-0.2, 0) is 0 Å². The zero-order chi connectivity index (χ0) is 12.5. The van der Waals surface area contributed by atoms with Crippen molar-refractivity contribution in [3.05, 3.63) is 29.8 Å². The van der Waals surface area contributed by atoms with Crippen LogP contribution in [0.3, 0.4) is 0 Å². The van der Waals surface area contributed by atoms with Crippen molar-refractivity contribution >= 4 is 5.69 Å². The summed E-state index contributed by atoms with van der Waals surface area (Å²) in [5.74, 6) is 0.834. The predicted molar refractivity (Wildman–Crippen MR) is 75.4 cm³/mol. The van der Waals surface area contributed by atoms with Crippen LogP contribution in [0.15, 0.2) is 24.3 Å². The molecule has 1 nitrogen and oxygen atoms in total. The van der Waals surface area contributed by atoms with Crippen molar-refractivity contribution in [3.63, 3.8) is 0 Å². The van der Waals surface area contributed by atoms with Gasteiger partial charge in [-0.15, -0.1) is 0 Å². The zero-order valence-corrected chi connectivity index (χ0v) is 11.6. The molecule has 0 heterocycles. The average molecular weight is 231 g/mol. The lowest BCUT2D eigenvalue weighted by atomic mass is 9.70. The van der Waals surface area contributed by atoms with Crippen LogP contribution in [0.2, 0.25) is 0 Å². The second-order valence-corrected chi connectivity index (χ2v) is 6.62. The SMILES string of the molecule is Cc1cccc(NC2CC(C)CC(C)(C)C2)c1. The van der Waals surface area contributed by atoms with E-state index in [2.05, 4.69) is 57.3 Å². The maximum Gasteiger partial charge on any atom is 0.0344 e. The first kappa shape index (κ1) is 12.5. The number of hydrogen-bond donors (Lipinski definition) is 1. The summed E-state index contributed by atoms with van der Waals surface area (Å²) in [5, 5.41) is 3.71. The van der Waals surface area contributed by atoms with Gasteiger partial charge in [-0.1, -0.05) is 32.9 Å². The molecule has 0 radical (unpaired) electrons. The van der Waals surface area contributed by atoms with Gasteiger partial charge >= 0.3 is 0 Å². The summed E-state index contributed by atoms with van der Waals surface area (Å²) in [6, 6.07) is 9.34. The van der Waals surface area contributed by atoms with Crippen molar-refractivity contribution in [1.29, 1.82) is 0 Å². The summed E-state index contributed by atoms with van der Waals surface area (Å²) in [4.78, 5) is 0. The maximum atomic E-state index is 3.71. The molecular formula is C16H25N. The topological polar surface area (TPSA) is 12.0 Å². The Labute approximate surface area is 106 Å². The van der Waals surface area contributed by atoms with E-state index in [9.17, 15) is 0 Å². The molecule has 1 aliphatic rings. The fourth-order valence-corrected chi connectivity index (χ4v) is 3.43. The first-order valence-corrected chi connectivity index (χ1v) is 6.78. The molecule has 1 heteroatoms. The van der Waals surface area contributed by atoms with Gasteiger partial charge in [0.2, 0.25) is 0 Å². The smallest absolute Gasteiger partial charge is 0.0344 e. The minimum atomic E-state index is 0.485. The molecule has 2 rings (SSSR count). The molecule has 1 N–H and O–H groups in total. The number of nitrogens with one attached hydrogen (secondary N) is 1. The van der Waals surface area contributed by atoms with Crippen molar-refractivity contribution < 1.29 is 0 Å². The van der Waals surface area contributed by atoms with Gasteiger partial charge in [-0.05, 0) is 55.2 Å². The molecule has 1 fully saturated rings. The van der Waals surface area contributed by atoms with Gasteiger partial charge in [0, 0.05) is 11.7 Å². The lowest BCUT2D eigenvalue weighted by Gasteiger charge is -2.39. The number of benzene rings is 1. The molecule has 0 saturated heterocycles. The third-order valence-electron chi connectivity index (χ3n) is 3.78. The van der Waals surface area contributed by atoms with Crippen LogP contribution in [0.4, 0.5) is 5.69 Å². The van der Waals surface area contributed by atoms with Gasteiger partial charge in [-0.25, -0.2) is 0 Å². The van der Waals surface area contributed by atoms with E-state index in [0.717, 1.165) is 5.92 Å². The molecule has 1 aromatic rings. The summed E-state index contributed by atoms with van der Waals surface area (Å²) in [7, 11) is 0. The minimum Gasteiger partial charge on any atom is -0.382 e. The molecule has 1 aromatic carbocycles. The molecule has 17 heavy (non-hydrogen) atoms. The molecular weight excluding hydrogens is 206 g/mol. The van der Waals surface area contributed by atoms with Crippen LogP contribution >= 0.6 is 0 Å². The molecule has 0 aromatic heterocycles. The Morgan fingerprint density at radius 3 is 2.65 bits per heavy atom. The Morgan fingerprint density at radius 1 is 1.24 bits per heavy atom. The zero-order valence-electron chi connectivity index (χ0n) is 11.6. The van der Waals surface area contributed by atoms with Crippen LogP contribution < -0.4 is 5.32 Å².